The molecule has 0 saturated heterocycles. The number of nitrogens with one attached hydrogen (secondary N) is 2. The van der Waals surface area contributed by atoms with Crippen molar-refractivity contribution in [2.24, 2.45) is 0 Å². The van der Waals surface area contributed by atoms with Gasteiger partial charge in [0.15, 0.2) is 11.5 Å². The summed E-state index contributed by atoms with van der Waals surface area (Å²) >= 11 is 0. The van der Waals surface area contributed by atoms with Gasteiger partial charge in [-0.1, -0.05) is 17.7 Å². The van der Waals surface area contributed by atoms with E-state index in [2.05, 4.69) is 10.6 Å². The van der Waals surface area contributed by atoms with Crippen molar-refractivity contribution in [3.8, 4) is 11.5 Å². The van der Waals surface area contributed by atoms with Crippen molar-refractivity contribution in [2.45, 2.75) is 16.7 Å². The number of fused-ring (bicyclic) bond motifs is 1. The van der Waals surface area contributed by atoms with Crippen LogP contribution in [0.2, 0.25) is 0 Å². The number of hydrogen-bond donors (Lipinski definition) is 2. The Labute approximate surface area is 178 Å². The monoisotopic (exact) mass is 442 g/mol. The van der Waals surface area contributed by atoms with Gasteiger partial charge in [-0.25, -0.2) is 12.8 Å². The first-order valence-electron chi connectivity index (χ1n) is 9.37. The van der Waals surface area contributed by atoms with E-state index >= 15 is 0 Å². The van der Waals surface area contributed by atoms with Crippen LogP contribution in [-0.2, 0) is 14.6 Å². The summed E-state index contributed by atoms with van der Waals surface area (Å²) in [6.07, 6.45) is 0. The van der Waals surface area contributed by atoms with Gasteiger partial charge < -0.3 is 20.1 Å². The maximum Gasteiger partial charge on any atom is 0.243 e. The van der Waals surface area contributed by atoms with E-state index in [1.54, 1.807) is 30.3 Å². The van der Waals surface area contributed by atoms with Gasteiger partial charge >= 0.3 is 0 Å². The Kier molecular flexibility index (Phi) is 5.51. The number of carbonyl (C=O) groups is 1. The highest BCUT2D eigenvalue weighted by atomic mass is 32.2. The molecule has 31 heavy (non-hydrogen) atoms. The fourth-order valence-electron chi connectivity index (χ4n) is 3.06. The molecule has 1 amide bonds. The summed E-state index contributed by atoms with van der Waals surface area (Å²) in [5.41, 5.74) is 1.53. The van der Waals surface area contributed by atoms with Gasteiger partial charge in [0.05, 0.1) is 22.0 Å². The number of aryl methyl sites for hydroxylation is 1. The van der Waals surface area contributed by atoms with Crippen LogP contribution in [0.15, 0.2) is 70.5 Å². The average molecular weight is 442 g/mol. The Hall–Kier alpha value is -3.59. The molecule has 0 aliphatic carbocycles. The number of sulfone groups is 1. The summed E-state index contributed by atoms with van der Waals surface area (Å²) in [4.78, 5) is 12.1. The molecular formula is C22H19FN2O5S. The fourth-order valence-corrected chi connectivity index (χ4v) is 4.51. The van der Waals surface area contributed by atoms with E-state index in [0.717, 1.165) is 17.7 Å². The molecule has 7 nitrogen and oxygen atoms in total. The van der Waals surface area contributed by atoms with Crippen LogP contribution in [0.3, 0.4) is 0 Å². The highest BCUT2D eigenvalue weighted by Crippen LogP contribution is 2.34. The summed E-state index contributed by atoms with van der Waals surface area (Å²) in [6, 6.07) is 14.6. The summed E-state index contributed by atoms with van der Waals surface area (Å²) < 4.78 is 50.4. The van der Waals surface area contributed by atoms with Crippen LogP contribution >= 0.6 is 0 Å². The minimum Gasteiger partial charge on any atom is -0.454 e. The topological polar surface area (TPSA) is 93.7 Å². The Morgan fingerprint density at radius 1 is 1.00 bits per heavy atom. The number of hydrogen-bond acceptors (Lipinski definition) is 6. The van der Waals surface area contributed by atoms with E-state index < -0.39 is 21.6 Å². The van der Waals surface area contributed by atoms with Gasteiger partial charge in [-0.2, -0.15) is 0 Å². The predicted molar refractivity (Wildman–Crippen MR) is 113 cm³/mol. The van der Waals surface area contributed by atoms with Gasteiger partial charge in [-0.15, -0.1) is 0 Å². The molecule has 2 N–H and O–H groups in total. The predicted octanol–water partition coefficient (Wildman–Crippen LogP) is 3.75. The third-order valence-electron chi connectivity index (χ3n) is 4.66. The van der Waals surface area contributed by atoms with Gasteiger partial charge in [0.2, 0.25) is 22.5 Å². The van der Waals surface area contributed by atoms with Crippen molar-refractivity contribution >= 4 is 27.1 Å². The number of amides is 1. The minimum atomic E-state index is -3.99. The normalized spacial score (nSPS) is 12.5. The van der Waals surface area contributed by atoms with E-state index in [1.165, 1.54) is 18.2 Å². The van der Waals surface area contributed by atoms with Crippen molar-refractivity contribution in [1.82, 2.24) is 0 Å². The van der Waals surface area contributed by atoms with Crippen molar-refractivity contribution < 1.29 is 27.1 Å². The molecule has 0 saturated carbocycles. The number of halogens is 1. The lowest BCUT2D eigenvalue weighted by Gasteiger charge is -2.13. The lowest BCUT2D eigenvalue weighted by Crippen LogP contribution is -2.22. The number of carbonyl (C=O) groups excluding carboxylic acids is 1. The lowest BCUT2D eigenvalue weighted by atomic mass is 10.2. The van der Waals surface area contributed by atoms with Gasteiger partial charge in [0.1, 0.15) is 5.82 Å². The third kappa shape index (κ3) is 4.46. The Balaban J connectivity index is 1.51. The first-order valence-corrected chi connectivity index (χ1v) is 10.9. The van der Waals surface area contributed by atoms with Gasteiger partial charge in [-0.3, -0.25) is 4.79 Å². The molecule has 1 aliphatic heterocycles. The van der Waals surface area contributed by atoms with E-state index in [1.807, 2.05) is 6.92 Å². The Bertz CT molecular complexity index is 1240. The molecule has 9 heteroatoms. The molecule has 3 aromatic carbocycles. The van der Waals surface area contributed by atoms with Gasteiger partial charge in [-0.05, 0) is 49.4 Å². The average Bonchev–Trinajstić information content (AvgIpc) is 3.21. The zero-order valence-electron chi connectivity index (χ0n) is 16.5. The molecular weight excluding hydrogens is 423 g/mol. The summed E-state index contributed by atoms with van der Waals surface area (Å²) in [5, 5.41) is 5.48. The zero-order chi connectivity index (χ0) is 22.0. The molecule has 0 spiro atoms. The molecule has 0 atom stereocenters. The van der Waals surface area contributed by atoms with Crippen molar-refractivity contribution in [1.29, 1.82) is 0 Å². The van der Waals surface area contributed by atoms with E-state index in [4.69, 9.17) is 9.47 Å². The summed E-state index contributed by atoms with van der Waals surface area (Å²) in [5.74, 6) is 0.00656. The number of anilines is 2. The molecule has 1 heterocycles. The van der Waals surface area contributed by atoms with Crippen molar-refractivity contribution in [3.05, 3.63) is 72.0 Å². The first-order chi connectivity index (χ1) is 14.8. The van der Waals surface area contributed by atoms with Crippen LogP contribution in [0.1, 0.15) is 5.56 Å². The second kappa shape index (κ2) is 8.27. The number of benzene rings is 3. The molecule has 0 fully saturated rings. The molecule has 4 rings (SSSR count). The third-order valence-corrected chi connectivity index (χ3v) is 6.47. The van der Waals surface area contributed by atoms with Crippen LogP contribution in [0.25, 0.3) is 0 Å². The van der Waals surface area contributed by atoms with E-state index in [0.29, 0.717) is 17.2 Å². The standard InChI is InChI=1S/C22H19FN2O5S/c1-14-2-6-17(7-3-14)31(27,28)21-10-15(23)4-8-18(21)24-12-22(26)25-16-5-9-19-20(11-16)30-13-29-19/h2-11,24H,12-13H2,1H3,(H,25,26). The molecule has 0 radical (unpaired) electrons. The van der Waals surface area contributed by atoms with E-state index in [9.17, 15) is 17.6 Å². The van der Waals surface area contributed by atoms with Crippen LogP contribution in [0, 0.1) is 12.7 Å². The van der Waals surface area contributed by atoms with E-state index in [-0.39, 0.29) is 28.8 Å². The minimum absolute atomic E-state index is 0.0385. The SMILES string of the molecule is Cc1ccc(S(=O)(=O)c2cc(F)ccc2NCC(=O)Nc2ccc3c(c2)OCO3)cc1. The quantitative estimate of drug-likeness (QED) is 0.604. The maximum atomic E-state index is 13.9. The molecule has 160 valence electrons. The second-order valence-electron chi connectivity index (χ2n) is 6.93. The second-order valence-corrected chi connectivity index (χ2v) is 8.84. The molecule has 0 unspecified atom stereocenters. The number of ether oxygens (including phenoxy) is 2. The summed E-state index contributed by atoms with van der Waals surface area (Å²) in [6.45, 7) is 1.73. The highest BCUT2D eigenvalue weighted by molar-refractivity contribution is 7.91. The van der Waals surface area contributed by atoms with Crippen LogP contribution < -0.4 is 20.1 Å². The Morgan fingerprint density at radius 3 is 2.52 bits per heavy atom. The summed E-state index contributed by atoms with van der Waals surface area (Å²) in [7, 11) is -3.99. The maximum absolute atomic E-state index is 13.9. The van der Waals surface area contributed by atoms with Crippen LogP contribution in [0.4, 0.5) is 15.8 Å². The Morgan fingerprint density at radius 2 is 1.74 bits per heavy atom. The lowest BCUT2D eigenvalue weighted by molar-refractivity contribution is -0.114. The largest absolute Gasteiger partial charge is 0.454 e. The van der Waals surface area contributed by atoms with Gasteiger partial charge in [0, 0.05) is 11.8 Å². The van der Waals surface area contributed by atoms with Crippen LogP contribution in [-0.4, -0.2) is 27.7 Å². The molecule has 0 bridgehead atoms. The smallest absolute Gasteiger partial charge is 0.243 e. The fraction of sp³-hybridized carbons (Fsp3) is 0.136. The van der Waals surface area contributed by atoms with Crippen LogP contribution in [0.5, 0.6) is 11.5 Å². The molecule has 0 aromatic heterocycles. The van der Waals surface area contributed by atoms with Crippen molar-refractivity contribution in [3.63, 3.8) is 0 Å². The van der Waals surface area contributed by atoms with Gasteiger partial charge in [0.25, 0.3) is 0 Å². The van der Waals surface area contributed by atoms with Crippen molar-refractivity contribution in [2.75, 3.05) is 24.0 Å². The molecule has 1 aliphatic rings. The zero-order valence-corrected chi connectivity index (χ0v) is 17.3. The number of rotatable bonds is 6. The highest BCUT2D eigenvalue weighted by Gasteiger charge is 2.23. The first kappa shape index (κ1) is 20.7. The molecule has 3 aromatic rings.